The molecule has 0 radical (unpaired) electrons. The molecule has 30 heavy (non-hydrogen) atoms. The van der Waals surface area contributed by atoms with Gasteiger partial charge in [0.2, 0.25) is 0 Å². The summed E-state index contributed by atoms with van der Waals surface area (Å²) >= 11 is 0. The van der Waals surface area contributed by atoms with Crippen molar-refractivity contribution in [1.29, 1.82) is 0 Å². The maximum absolute atomic E-state index is 13.9. The zero-order valence-electron chi connectivity index (χ0n) is 15.6. The van der Waals surface area contributed by atoms with Gasteiger partial charge < -0.3 is 14.8 Å². The molecular weight excluding hydrogens is 419 g/mol. The number of hydrogen-bond acceptors (Lipinski definition) is 3. The van der Waals surface area contributed by atoms with Gasteiger partial charge in [-0.1, -0.05) is 30.3 Å². The average Bonchev–Trinajstić information content (AvgIpc) is 2.67. The molecule has 1 fully saturated rings. The zero-order valence-corrected chi connectivity index (χ0v) is 15.6. The first-order chi connectivity index (χ1) is 14.0. The number of hydrogen-bond donors (Lipinski definition) is 1. The first kappa shape index (κ1) is 22.5. The second-order valence-electron chi connectivity index (χ2n) is 6.79. The lowest BCUT2D eigenvalue weighted by molar-refractivity contribution is -0.200. The fraction of sp³-hybridized carbons (Fsp3) is 0.400. The summed E-state index contributed by atoms with van der Waals surface area (Å²) in [6.45, 7) is 2.01. The van der Waals surface area contributed by atoms with Crippen LogP contribution in [0.3, 0.4) is 0 Å². The Morgan fingerprint density at radius 1 is 1.00 bits per heavy atom. The lowest BCUT2D eigenvalue weighted by atomic mass is 10.00. The molecule has 0 spiro atoms. The molecule has 0 aromatic heterocycles. The predicted molar refractivity (Wildman–Crippen MR) is 92.8 cm³/mol. The maximum Gasteiger partial charge on any atom is 0.419 e. The summed E-state index contributed by atoms with van der Waals surface area (Å²) in [4.78, 5) is 0. The number of nitrogens with one attached hydrogen (secondary N) is 1. The summed E-state index contributed by atoms with van der Waals surface area (Å²) in [7, 11) is 0. The summed E-state index contributed by atoms with van der Waals surface area (Å²) in [5, 5.41) is 3.15. The highest BCUT2D eigenvalue weighted by Gasteiger charge is 2.42. The second-order valence-corrected chi connectivity index (χ2v) is 6.79. The molecule has 3 atom stereocenters. The van der Waals surface area contributed by atoms with Crippen LogP contribution in [0.2, 0.25) is 0 Å². The zero-order chi connectivity index (χ0) is 22.1. The Kier molecular flexibility index (Phi) is 6.40. The maximum atomic E-state index is 13.9. The summed E-state index contributed by atoms with van der Waals surface area (Å²) in [6, 6.07) is 9.11. The molecule has 2 unspecified atom stereocenters. The van der Waals surface area contributed by atoms with Crippen LogP contribution in [-0.2, 0) is 21.8 Å². The van der Waals surface area contributed by atoms with Crippen molar-refractivity contribution >= 4 is 0 Å². The Balaban J connectivity index is 1.93. The number of morpholine rings is 1. The molecule has 2 aromatic rings. The van der Waals surface area contributed by atoms with Crippen molar-refractivity contribution in [2.75, 3.05) is 13.2 Å². The molecule has 1 saturated heterocycles. The molecule has 2 aromatic carbocycles. The van der Waals surface area contributed by atoms with E-state index < -0.39 is 53.3 Å². The first-order valence-electron chi connectivity index (χ1n) is 9.01. The van der Waals surface area contributed by atoms with E-state index in [4.69, 9.17) is 9.47 Å². The van der Waals surface area contributed by atoms with Gasteiger partial charge in [-0.15, -0.1) is 0 Å². The Bertz CT molecular complexity index is 833. The van der Waals surface area contributed by atoms with E-state index in [9.17, 15) is 30.7 Å². The van der Waals surface area contributed by atoms with Crippen molar-refractivity contribution in [3.63, 3.8) is 0 Å². The lowest BCUT2D eigenvalue weighted by Gasteiger charge is -2.34. The molecule has 1 aliphatic heterocycles. The van der Waals surface area contributed by atoms with Crippen LogP contribution in [0.15, 0.2) is 42.5 Å². The minimum atomic E-state index is -5.30. The van der Waals surface area contributed by atoms with Gasteiger partial charge in [0.15, 0.2) is 6.29 Å². The van der Waals surface area contributed by atoms with Gasteiger partial charge in [-0.25, -0.2) is 4.39 Å². The van der Waals surface area contributed by atoms with E-state index >= 15 is 0 Å². The highest BCUT2D eigenvalue weighted by molar-refractivity contribution is 5.36. The average molecular weight is 437 g/mol. The molecular formula is C20H18F7NO2. The van der Waals surface area contributed by atoms with Gasteiger partial charge in [-0.2, -0.15) is 26.3 Å². The van der Waals surface area contributed by atoms with E-state index in [0.29, 0.717) is 18.7 Å². The van der Waals surface area contributed by atoms with Gasteiger partial charge in [0, 0.05) is 6.54 Å². The highest BCUT2D eigenvalue weighted by Crippen LogP contribution is 2.41. The third kappa shape index (κ3) is 4.93. The summed E-state index contributed by atoms with van der Waals surface area (Å²) in [5.74, 6) is -2.36. The van der Waals surface area contributed by atoms with E-state index in [-0.39, 0.29) is 6.61 Å². The van der Waals surface area contributed by atoms with E-state index in [1.165, 1.54) is 6.92 Å². The standard InChI is InChI=1S/C20H18F7NO2/c1-11(30-18-17(28-7-8-29-18)12-5-3-2-4-6-12)13-9-14(19(22,23)24)16(21)15(10-13)20(25,26)27/h2-6,9-11,17-18,28H,7-8H2,1H3/t11-,17?,18?/m1/s1. The van der Waals surface area contributed by atoms with Gasteiger partial charge in [0.25, 0.3) is 0 Å². The molecule has 3 nitrogen and oxygen atoms in total. The smallest absolute Gasteiger partial charge is 0.349 e. The van der Waals surface area contributed by atoms with Crippen molar-refractivity contribution < 1.29 is 40.2 Å². The van der Waals surface area contributed by atoms with Crippen LogP contribution in [-0.4, -0.2) is 19.4 Å². The second kappa shape index (κ2) is 8.52. The van der Waals surface area contributed by atoms with E-state index in [1.54, 1.807) is 30.3 Å². The van der Waals surface area contributed by atoms with Crippen LogP contribution in [0, 0.1) is 5.82 Å². The van der Waals surface area contributed by atoms with E-state index in [2.05, 4.69) is 5.32 Å². The Morgan fingerprint density at radius 3 is 2.10 bits per heavy atom. The molecule has 0 saturated carbocycles. The summed E-state index contributed by atoms with van der Waals surface area (Å²) in [5.41, 5.74) is -3.67. The van der Waals surface area contributed by atoms with Crippen molar-refractivity contribution in [3.05, 3.63) is 70.5 Å². The molecule has 1 heterocycles. The fourth-order valence-corrected chi connectivity index (χ4v) is 3.21. The largest absolute Gasteiger partial charge is 0.419 e. The Labute approximate surface area is 167 Å². The van der Waals surface area contributed by atoms with Gasteiger partial charge >= 0.3 is 12.4 Å². The number of benzene rings is 2. The van der Waals surface area contributed by atoms with E-state index in [0.717, 1.165) is 5.56 Å². The van der Waals surface area contributed by atoms with Gasteiger partial charge in [-0.3, -0.25) is 0 Å². The molecule has 0 amide bonds. The molecule has 0 bridgehead atoms. The van der Waals surface area contributed by atoms with Crippen LogP contribution in [0.4, 0.5) is 30.7 Å². The van der Waals surface area contributed by atoms with Gasteiger partial charge in [-0.05, 0) is 30.2 Å². The van der Waals surface area contributed by atoms with Gasteiger partial charge in [0.05, 0.1) is 29.9 Å². The van der Waals surface area contributed by atoms with Crippen LogP contribution in [0.1, 0.15) is 41.3 Å². The van der Waals surface area contributed by atoms with Crippen molar-refractivity contribution in [3.8, 4) is 0 Å². The first-order valence-corrected chi connectivity index (χ1v) is 9.01. The summed E-state index contributed by atoms with van der Waals surface area (Å²) < 4.78 is 104. The molecule has 1 N–H and O–H groups in total. The number of rotatable bonds is 4. The molecule has 0 aliphatic carbocycles. The van der Waals surface area contributed by atoms with Crippen molar-refractivity contribution in [1.82, 2.24) is 5.32 Å². The molecule has 1 aliphatic rings. The Hall–Kier alpha value is -2.17. The normalized spacial score (nSPS) is 21.5. The SMILES string of the molecule is C[C@@H](OC1OCCNC1c1ccccc1)c1cc(C(F)(F)F)c(F)c(C(F)(F)F)c1. The number of alkyl halides is 6. The van der Waals surface area contributed by atoms with Crippen LogP contribution in [0.5, 0.6) is 0 Å². The van der Waals surface area contributed by atoms with Crippen LogP contribution in [0.25, 0.3) is 0 Å². The number of halogens is 7. The van der Waals surface area contributed by atoms with Crippen LogP contribution < -0.4 is 5.32 Å². The highest BCUT2D eigenvalue weighted by atomic mass is 19.4. The quantitative estimate of drug-likeness (QED) is 0.630. The minimum Gasteiger partial charge on any atom is -0.349 e. The lowest BCUT2D eigenvalue weighted by Crippen LogP contribution is -2.43. The van der Waals surface area contributed by atoms with Crippen LogP contribution >= 0.6 is 0 Å². The van der Waals surface area contributed by atoms with E-state index in [1.807, 2.05) is 0 Å². The van der Waals surface area contributed by atoms with Crippen molar-refractivity contribution in [2.45, 2.75) is 37.7 Å². The van der Waals surface area contributed by atoms with Gasteiger partial charge in [0.1, 0.15) is 5.82 Å². The molecule has 10 heteroatoms. The third-order valence-corrected chi connectivity index (χ3v) is 4.69. The third-order valence-electron chi connectivity index (χ3n) is 4.69. The van der Waals surface area contributed by atoms with Crippen molar-refractivity contribution in [2.24, 2.45) is 0 Å². The topological polar surface area (TPSA) is 30.5 Å². The Morgan fingerprint density at radius 2 is 1.57 bits per heavy atom. The minimum absolute atomic E-state index is 0.242. The fourth-order valence-electron chi connectivity index (χ4n) is 3.21. The monoisotopic (exact) mass is 437 g/mol. The predicted octanol–water partition coefficient (Wildman–Crippen LogP) is 5.63. The number of ether oxygens (including phenoxy) is 2. The molecule has 3 rings (SSSR count). The summed E-state index contributed by atoms with van der Waals surface area (Å²) in [6.07, 6.45) is -12.8. The molecule has 164 valence electrons.